The fourth-order valence-corrected chi connectivity index (χ4v) is 2.16. The van der Waals surface area contributed by atoms with Crippen LogP contribution < -0.4 is 11.3 Å². The molecule has 1 saturated carbocycles. The first kappa shape index (κ1) is 11.9. The van der Waals surface area contributed by atoms with Crippen molar-refractivity contribution in [1.82, 2.24) is 15.2 Å². The van der Waals surface area contributed by atoms with E-state index in [2.05, 4.69) is 10.5 Å². The Morgan fingerprint density at radius 2 is 2.50 bits per heavy atom. The maximum absolute atomic E-state index is 6.15. The van der Waals surface area contributed by atoms with E-state index < -0.39 is 0 Å². The molecule has 0 bridgehead atoms. The average Bonchev–Trinajstić information content (AvgIpc) is 3.05. The van der Waals surface area contributed by atoms with Gasteiger partial charge >= 0.3 is 0 Å². The van der Waals surface area contributed by atoms with E-state index in [0.29, 0.717) is 24.1 Å². The minimum atomic E-state index is 0.104. The third-order valence-electron chi connectivity index (χ3n) is 2.91. The molecule has 16 heavy (non-hydrogen) atoms. The summed E-state index contributed by atoms with van der Waals surface area (Å²) < 4.78 is 6.91. The molecule has 1 unspecified atom stereocenters. The van der Waals surface area contributed by atoms with Gasteiger partial charge in [0.2, 0.25) is 0 Å². The lowest BCUT2D eigenvalue weighted by atomic mass is 10.1. The maximum Gasteiger partial charge on any atom is 0.0834 e. The summed E-state index contributed by atoms with van der Waals surface area (Å²) in [4.78, 5) is 0. The molecule has 6 heteroatoms. The normalized spacial score (nSPS) is 17.7. The van der Waals surface area contributed by atoms with Crippen LogP contribution in [-0.4, -0.2) is 23.5 Å². The first-order chi connectivity index (χ1) is 7.77. The highest BCUT2D eigenvalue weighted by molar-refractivity contribution is 6.31. The van der Waals surface area contributed by atoms with E-state index in [1.165, 1.54) is 12.8 Å². The SMILES string of the molecule is COCCn1ncc(Cl)c1C(NN)C1CC1. The van der Waals surface area contributed by atoms with Gasteiger partial charge in [-0.3, -0.25) is 16.0 Å². The van der Waals surface area contributed by atoms with Crippen molar-refractivity contribution < 1.29 is 4.74 Å². The molecule has 1 aliphatic carbocycles. The van der Waals surface area contributed by atoms with Gasteiger partial charge in [0, 0.05) is 7.11 Å². The third kappa shape index (κ3) is 2.38. The van der Waals surface area contributed by atoms with Crippen molar-refractivity contribution in [2.45, 2.75) is 25.4 Å². The van der Waals surface area contributed by atoms with Gasteiger partial charge in [-0.15, -0.1) is 0 Å². The van der Waals surface area contributed by atoms with Crippen molar-refractivity contribution in [2.24, 2.45) is 11.8 Å². The molecule has 1 aliphatic rings. The zero-order valence-electron chi connectivity index (χ0n) is 9.32. The zero-order valence-corrected chi connectivity index (χ0v) is 10.1. The van der Waals surface area contributed by atoms with E-state index in [1.807, 2.05) is 4.68 Å². The number of ether oxygens (including phenoxy) is 1. The quantitative estimate of drug-likeness (QED) is 0.581. The van der Waals surface area contributed by atoms with Crippen molar-refractivity contribution >= 4 is 11.6 Å². The van der Waals surface area contributed by atoms with Crippen LogP contribution >= 0.6 is 11.6 Å². The van der Waals surface area contributed by atoms with Gasteiger partial charge in [0.25, 0.3) is 0 Å². The Balaban J connectivity index is 2.18. The molecule has 1 fully saturated rings. The third-order valence-corrected chi connectivity index (χ3v) is 3.20. The number of halogens is 1. The summed E-state index contributed by atoms with van der Waals surface area (Å²) in [5.41, 5.74) is 3.81. The fraction of sp³-hybridized carbons (Fsp3) is 0.700. The van der Waals surface area contributed by atoms with Crippen LogP contribution in [0.15, 0.2) is 6.20 Å². The average molecular weight is 245 g/mol. The highest BCUT2D eigenvalue weighted by Crippen LogP contribution is 2.42. The molecule has 3 N–H and O–H groups in total. The number of nitrogens with one attached hydrogen (secondary N) is 1. The summed E-state index contributed by atoms with van der Waals surface area (Å²) in [5, 5.41) is 4.91. The second kappa shape index (κ2) is 5.14. The molecular weight excluding hydrogens is 228 g/mol. The topological polar surface area (TPSA) is 65.1 Å². The summed E-state index contributed by atoms with van der Waals surface area (Å²) in [7, 11) is 1.67. The molecule has 1 aromatic heterocycles. The monoisotopic (exact) mass is 244 g/mol. The highest BCUT2D eigenvalue weighted by Gasteiger charge is 2.35. The summed E-state index contributed by atoms with van der Waals surface area (Å²) in [5.74, 6) is 6.17. The van der Waals surface area contributed by atoms with Crippen molar-refractivity contribution in [3.05, 3.63) is 16.9 Å². The Bertz CT molecular complexity index is 351. The van der Waals surface area contributed by atoms with Gasteiger partial charge in [-0.1, -0.05) is 11.6 Å². The minimum Gasteiger partial charge on any atom is -0.383 e. The van der Waals surface area contributed by atoms with Crippen LogP contribution in [0.5, 0.6) is 0 Å². The minimum absolute atomic E-state index is 0.104. The number of hydrogen-bond acceptors (Lipinski definition) is 4. The van der Waals surface area contributed by atoms with Crippen LogP contribution in [0.3, 0.4) is 0 Å². The van der Waals surface area contributed by atoms with E-state index >= 15 is 0 Å². The van der Waals surface area contributed by atoms with Gasteiger partial charge in [-0.2, -0.15) is 5.10 Å². The standard InChI is InChI=1S/C10H17ClN4O/c1-16-5-4-15-10(8(11)6-13-15)9(14-12)7-2-3-7/h6-7,9,14H,2-5,12H2,1H3. The van der Waals surface area contributed by atoms with Crippen LogP contribution in [0.25, 0.3) is 0 Å². The predicted molar refractivity (Wildman–Crippen MR) is 61.9 cm³/mol. The Morgan fingerprint density at radius 3 is 3.06 bits per heavy atom. The van der Waals surface area contributed by atoms with E-state index in [9.17, 15) is 0 Å². The lowest BCUT2D eigenvalue weighted by molar-refractivity contribution is 0.181. The van der Waals surface area contributed by atoms with Gasteiger partial charge in [0.05, 0.1) is 36.1 Å². The van der Waals surface area contributed by atoms with Crippen LogP contribution in [0.2, 0.25) is 5.02 Å². The van der Waals surface area contributed by atoms with Gasteiger partial charge in [-0.05, 0) is 18.8 Å². The molecule has 1 aromatic rings. The number of rotatable bonds is 6. The summed E-state index contributed by atoms with van der Waals surface area (Å²) in [6.45, 7) is 1.32. The van der Waals surface area contributed by atoms with E-state index in [4.69, 9.17) is 22.2 Å². The van der Waals surface area contributed by atoms with Gasteiger partial charge in [0.1, 0.15) is 0 Å². The van der Waals surface area contributed by atoms with Crippen LogP contribution in [-0.2, 0) is 11.3 Å². The number of hydrogen-bond donors (Lipinski definition) is 2. The molecule has 0 saturated heterocycles. The van der Waals surface area contributed by atoms with Crippen LogP contribution in [0.1, 0.15) is 24.6 Å². The van der Waals surface area contributed by atoms with E-state index in [1.54, 1.807) is 13.3 Å². The van der Waals surface area contributed by atoms with Gasteiger partial charge in [-0.25, -0.2) is 0 Å². The number of nitrogens with zero attached hydrogens (tertiary/aromatic N) is 2. The van der Waals surface area contributed by atoms with Crippen molar-refractivity contribution in [3.8, 4) is 0 Å². The largest absolute Gasteiger partial charge is 0.383 e. The zero-order chi connectivity index (χ0) is 11.5. The second-order valence-electron chi connectivity index (χ2n) is 4.08. The van der Waals surface area contributed by atoms with Crippen LogP contribution in [0.4, 0.5) is 0 Å². The Hall–Kier alpha value is -0.620. The van der Waals surface area contributed by atoms with Crippen molar-refractivity contribution in [3.63, 3.8) is 0 Å². The molecule has 0 aromatic carbocycles. The number of nitrogens with two attached hydrogens (primary N) is 1. The highest BCUT2D eigenvalue weighted by atomic mass is 35.5. The van der Waals surface area contributed by atoms with Crippen molar-refractivity contribution in [1.29, 1.82) is 0 Å². The first-order valence-electron chi connectivity index (χ1n) is 5.44. The number of hydrazine groups is 1. The first-order valence-corrected chi connectivity index (χ1v) is 5.82. The number of methoxy groups -OCH3 is 1. The Kier molecular flexibility index (Phi) is 3.81. The maximum atomic E-state index is 6.15. The van der Waals surface area contributed by atoms with Crippen molar-refractivity contribution in [2.75, 3.05) is 13.7 Å². The fourth-order valence-electron chi connectivity index (χ4n) is 1.90. The summed E-state index contributed by atoms with van der Waals surface area (Å²) in [6.07, 6.45) is 4.06. The van der Waals surface area contributed by atoms with E-state index in [0.717, 1.165) is 5.69 Å². The van der Waals surface area contributed by atoms with E-state index in [-0.39, 0.29) is 6.04 Å². The molecule has 5 nitrogen and oxygen atoms in total. The van der Waals surface area contributed by atoms with Gasteiger partial charge < -0.3 is 4.74 Å². The Morgan fingerprint density at radius 1 is 1.75 bits per heavy atom. The molecular formula is C10H17ClN4O. The molecule has 1 heterocycles. The molecule has 0 aliphatic heterocycles. The number of aromatic nitrogens is 2. The molecule has 0 spiro atoms. The summed E-state index contributed by atoms with van der Waals surface area (Å²) >= 11 is 6.15. The molecule has 0 radical (unpaired) electrons. The molecule has 0 amide bonds. The second-order valence-corrected chi connectivity index (χ2v) is 4.48. The lowest BCUT2D eigenvalue weighted by Gasteiger charge is -2.17. The molecule has 2 rings (SSSR count). The lowest BCUT2D eigenvalue weighted by Crippen LogP contribution is -2.31. The molecule has 1 atom stereocenters. The smallest absolute Gasteiger partial charge is 0.0834 e. The Labute approximate surface area is 99.9 Å². The van der Waals surface area contributed by atoms with Crippen LogP contribution in [0, 0.1) is 5.92 Å². The summed E-state index contributed by atoms with van der Waals surface area (Å²) in [6, 6.07) is 0.104. The molecule has 90 valence electrons. The van der Waals surface area contributed by atoms with Gasteiger partial charge in [0.15, 0.2) is 0 Å². The predicted octanol–water partition coefficient (Wildman–Crippen LogP) is 1.10.